The predicted octanol–water partition coefficient (Wildman–Crippen LogP) is 3.69. The Morgan fingerprint density at radius 3 is 2.43 bits per heavy atom. The van der Waals surface area contributed by atoms with Crippen molar-refractivity contribution in [3.8, 4) is 0 Å². The third-order valence-electron chi connectivity index (χ3n) is 6.53. The second-order valence-corrected chi connectivity index (χ2v) is 10.8. The SMILES string of the molecule is CC(C)[C@@H]1C[C@H](C(F)(F)F)n2nc([C@H]3CCCCN3S(=O)(=O)N3CCCC3)cc2N1. The molecule has 3 aliphatic rings. The van der Waals surface area contributed by atoms with E-state index in [-0.39, 0.29) is 18.4 Å². The topological polar surface area (TPSA) is 70.5 Å². The normalized spacial score (nSPS) is 29.2. The van der Waals surface area contributed by atoms with Crippen molar-refractivity contribution in [1.29, 1.82) is 0 Å². The van der Waals surface area contributed by atoms with Crippen LogP contribution in [0.1, 0.15) is 70.2 Å². The molecule has 2 saturated heterocycles. The third kappa shape index (κ3) is 3.95. The van der Waals surface area contributed by atoms with Crippen molar-refractivity contribution < 1.29 is 21.6 Å². The molecule has 0 amide bonds. The highest BCUT2D eigenvalue weighted by Crippen LogP contribution is 2.43. The van der Waals surface area contributed by atoms with Gasteiger partial charge in [0.2, 0.25) is 0 Å². The van der Waals surface area contributed by atoms with Crippen LogP contribution in [0.25, 0.3) is 0 Å². The van der Waals surface area contributed by atoms with Gasteiger partial charge in [0.05, 0.1) is 11.7 Å². The van der Waals surface area contributed by atoms with Crippen LogP contribution in [0.15, 0.2) is 6.07 Å². The smallest absolute Gasteiger partial charge is 0.367 e. The molecule has 0 spiro atoms. The highest BCUT2D eigenvalue weighted by Gasteiger charge is 2.47. The minimum absolute atomic E-state index is 0.0312. The minimum Gasteiger partial charge on any atom is -0.367 e. The van der Waals surface area contributed by atoms with Crippen LogP contribution in [0.4, 0.5) is 19.0 Å². The second-order valence-electron chi connectivity index (χ2n) is 8.92. The lowest BCUT2D eigenvalue weighted by atomic mass is 9.94. The molecule has 0 bridgehead atoms. The van der Waals surface area contributed by atoms with Crippen molar-refractivity contribution in [2.45, 2.75) is 76.7 Å². The molecule has 0 aromatic carbocycles. The molecule has 2 fully saturated rings. The Labute approximate surface area is 175 Å². The molecule has 170 valence electrons. The van der Waals surface area contributed by atoms with Gasteiger partial charge in [-0.25, -0.2) is 4.68 Å². The van der Waals surface area contributed by atoms with Gasteiger partial charge in [-0.05, 0) is 38.0 Å². The molecule has 0 saturated carbocycles. The number of fused-ring (bicyclic) bond motifs is 1. The van der Waals surface area contributed by atoms with Gasteiger partial charge >= 0.3 is 6.18 Å². The summed E-state index contributed by atoms with van der Waals surface area (Å²) in [5, 5.41) is 7.50. The van der Waals surface area contributed by atoms with Gasteiger partial charge in [0.15, 0.2) is 6.04 Å². The maximum absolute atomic E-state index is 13.8. The molecule has 30 heavy (non-hydrogen) atoms. The van der Waals surface area contributed by atoms with Gasteiger partial charge < -0.3 is 5.32 Å². The second kappa shape index (κ2) is 7.98. The third-order valence-corrected chi connectivity index (χ3v) is 8.57. The number of halogens is 3. The molecule has 11 heteroatoms. The first kappa shape index (κ1) is 21.9. The molecule has 4 rings (SSSR count). The summed E-state index contributed by atoms with van der Waals surface area (Å²) in [4.78, 5) is 0. The highest BCUT2D eigenvalue weighted by molar-refractivity contribution is 7.86. The molecule has 3 aliphatic heterocycles. The summed E-state index contributed by atoms with van der Waals surface area (Å²) in [6, 6.07) is -0.933. The number of alkyl halides is 3. The van der Waals surface area contributed by atoms with Crippen LogP contribution in [0.3, 0.4) is 0 Å². The molecule has 0 aliphatic carbocycles. The Hall–Kier alpha value is -1.33. The Balaban J connectivity index is 1.68. The monoisotopic (exact) mass is 449 g/mol. The summed E-state index contributed by atoms with van der Waals surface area (Å²) in [6.45, 7) is 5.15. The van der Waals surface area contributed by atoms with E-state index in [1.165, 1.54) is 8.61 Å². The van der Waals surface area contributed by atoms with Gasteiger partial charge in [-0.2, -0.15) is 35.3 Å². The lowest BCUT2D eigenvalue weighted by Gasteiger charge is -2.36. The summed E-state index contributed by atoms with van der Waals surface area (Å²) >= 11 is 0. The molecular formula is C19H30F3N5O2S. The number of anilines is 1. The zero-order valence-corrected chi connectivity index (χ0v) is 18.2. The maximum Gasteiger partial charge on any atom is 0.410 e. The fourth-order valence-electron chi connectivity index (χ4n) is 4.77. The molecule has 7 nitrogen and oxygen atoms in total. The van der Waals surface area contributed by atoms with E-state index in [1.807, 2.05) is 13.8 Å². The first-order valence-corrected chi connectivity index (χ1v) is 12.2. The van der Waals surface area contributed by atoms with Gasteiger partial charge in [-0.15, -0.1) is 0 Å². The van der Waals surface area contributed by atoms with Crippen molar-refractivity contribution in [3.63, 3.8) is 0 Å². The molecule has 1 N–H and O–H groups in total. The van der Waals surface area contributed by atoms with Gasteiger partial charge in [0.25, 0.3) is 10.2 Å². The van der Waals surface area contributed by atoms with Crippen LogP contribution in [0, 0.1) is 5.92 Å². The largest absolute Gasteiger partial charge is 0.410 e. The summed E-state index contributed by atoms with van der Waals surface area (Å²) in [5.74, 6) is 0.352. The average Bonchev–Trinajstić information content (AvgIpc) is 3.36. The standard InChI is InChI=1S/C19H30F3N5O2S/c1-13(2)14-11-17(19(20,21)22)27-18(23-14)12-15(24-27)16-7-3-4-10-26(16)30(28,29)25-8-5-6-9-25/h12-14,16-17,23H,3-11H2,1-2H3/t14-,16+,17+/m0/s1. The lowest BCUT2D eigenvalue weighted by Crippen LogP contribution is -2.46. The summed E-state index contributed by atoms with van der Waals surface area (Å²) in [6.07, 6.45) is -0.696. The fourth-order valence-corrected chi connectivity index (χ4v) is 6.68. The van der Waals surface area contributed by atoms with Gasteiger partial charge in [-0.3, -0.25) is 0 Å². The van der Waals surface area contributed by atoms with Crippen molar-refractivity contribution in [1.82, 2.24) is 18.4 Å². The van der Waals surface area contributed by atoms with E-state index >= 15 is 0 Å². The van der Waals surface area contributed by atoms with Crippen LogP contribution >= 0.6 is 0 Å². The molecule has 3 atom stereocenters. The number of hydrogen-bond donors (Lipinski definition) is 1. The molecule has 4 heterocycles. The van der Waals surface area contributed by atoms with Gasteiger partial charge in [0, 0.05) is 31.7 Å². The predicted molar refractivity (Wildman–Crippen MR) is 107 cm³/mol. The zero-order valence-electron chi connectivity index (χ0n) is 17.4. The first-order valence-electron chi connectivity index (χ1n) is 10.8. The maximum atomic E-state index is 13.8. The van der Waals surface area contributed by atoms with Crippen molar-refractivity contribution in [2.75, 3.05) is 25.0 Å². The van der Waals surface area contributed by atoms with E-state index in [1.54, 1.807) is 6.07 Å². The molecule has 0 unspecified atom stereocenters. The van der Waals surface area contributed by atoms with E-state index in [0.29, 0.717) is 37.6 Å². The van der Waals surface area contributed by atoms with Crippen molar-refractivity contribution in [3.05, 3.63) is 11.8 Å². The Morgan fingerprint density at radius 2 is 1.80 bits per heavy atom. The van der Waals surface area contributed by atoms with Crippen molar-refractivity contribution in [2.24, 2.45) is 5.92 Å². The molecule has 1 aromatic heterocycles. The number of nitrogens with zero attached hydrogens (tertiary/aromatic N) is 4. The fraction of sp³-hybridized carbons (Fsp3) is 0.842. The molecule has 0 radical (unpaired) electrons. The number of aromatic nitrogens is 2. The number of rotatable bonds is 4. The summed E-state index contributed by atoms with van der Waals surface area (Å²) in [7, 11) is -3.65. The van der Waals surface area contributed by atoms with Gasteiger partial charge in [-0.1, -0.05) is 20.3 Å². The van der Waals surface area contributed by atoms with Crippen LogP contribution in [0.5, 0.6) is 0 Å². The van der Waals surface area contributed by atoms with Gasteiger partial charge in [0.1, 0.15) is 5.82 Å². The van der Waals surface area contributed by atoms with E-state index < -0.39 is 28.5 Å². The van der Waals surface area contributed by atoms with Crippen LogP contribution < -0.4 is 5.32 Å². The quantitative estimate of drug-likeness (QED) is 0.761. The minimum atomic E-state index is -4.42. The Kier molecular flexibility index (Phi) is 5.82. The summed E-state index contributed by atoms with van der Waals surface area (Å²) in [5.41, 5.74) is 0.402. The average molecular weight is 450 g/mol. The number of hydrogen-bond acceptors (Lipinski definition) is 4. The lowest BCUT2D eigenvalue weighted by molar-refractivity contribution is -0.174. The van der Waals surface area contributed by atoms with E-state index in [9.17, 15) is 21.6 Å². The van der Waals surface area contributed by atoms with Crippen LogP contribution in [-0.4, -0.2) is 58.7 Å². The summed E-state index contributed by atoms with van der Waals surface area (Å²) < 4.78 is 71.7. The first-order chi connectivity index (χ1) is 14.1. The Morgan fingerprint density at radius 1 is 1.13 bits per heavy atom. The van der Waals surface area contributed by atoms with Crippen LogP contribution in [0.2, 0.25) is 0 Å². The van der Waals surface area contributed by atoms with E-state index in [4.69, 9.17) is 0 Å². The Bertz CT molecular complexity index is 864. The zero-order chi connectivity index (χ0) is 21.7. The van der Waals surface area contributed by atoms with Crippen LogP contribution in [-0.2, 0) is 10.2 Å². The number of nitrogens with one attached hydrogen (secondary N) is 1. The molecule has 1 aromatic rings. The number of piperidine rings is 1. The van der Waals surface area contributed by atoms with E-state index in [2.05, 4.69) is 10.4 Å². The molecular weight excluding hydrogens is 419 g/mol. The van der Waals surface area contributed by atoms with Crippen molar-refractivity contribution >= 4 is 16.0 Å². The highest BCUT2D eigenvalue weighted by atomic mass is 32.2. The van der Waals surface area contributed by atoms with E-state index in [0.717, 1.165) is 30.4 Å².